The Morgan fingerprint density at radius 2 is 1.96 bits per heavy atom. The number of benzene rings is 2. The Kier molecular flexibility index (Phi) is 4.05. The van der Waals surface area contributed by atoms with Gasteiger partial charge in [0.25, 0.3) is 0 Å². The molecule has 0 N–H and O–H groups in total. The van der Waals surface area contributed by atoms with E-state index in [1.807, 2.05) is 34.9 Å². The third kappa shape index (κ3) is 2.79. The fourth-order valence-corrected chi connectivity index (χ4v) is 2.71. The van der Waals surface area contributed by atoms with Crippen LogP contribution in [0.15, 0.2) is 53.5 Å². The topological polar surface area (TPSA) is 55.0 Å². The van der Waals surface area contributed by atoms with Gasteiger partial charge in [-0.2, -0.15) is 5.26 Å². The molecule has 5 heteroatoms. The highest BCUT2D eigenvalue weighted by Gasteiger charge is 2.13. The maximum absolute atomic E-state index is 12.4. The predicted molar refractivity (Wildman–Crippen MR) is 90.0 cm³/mol. The Balaban J connectivity index is 2.26. The van der Waals surface area contributed by atoms with Crippen LogP contribution >= 0.6 is 11.6 Å². The van der Waals surface area contributed by atoms with Crippen molar-refractivity contribution in [3.8, 4) is 11.8 Å². The molecule has 0 bridgehead atoms. The molecule has 0 unspecified atom stereocenters. The maximum Gasteiger partial charge on any atom is 0.207 e. The quantitative estimate of drug-likeness (QED) is 0.740. The van der Waals surface area contributed by atoms with E-state index in [2.05, 4.69) is 0 Å². The van der Waals surface area contributed by atoms with Gasteiger partial charge in [0, 0.05) is 17.8 Å². The van der Waals surface area contributed by atoms with Crippen molar-refractivity contribution < 1.29 is 4.74 Å². The van der Waals surface area contributed by atoms with E-state index < -0.39 is 0 Å². The molecule has 0 saturated carbocycles. The number of rotatable bonds is 3. The monoisotopic (exact) mass is 324 g/mol. The van der Waals surface area contributed by atoms with Crippen molar-refractivity contribution in [3.05, 3.63) is 75.0 Å². The van der Waals surface area contributed by atoms with E-state index >= 15 is 0 Å². The number of aromatic nitrogens is 1. The Bertz CT molecular complexity index is 969. The smallest absolute Gasteiger partial charge is 0.207 e. The summed E-state index contributed by atoms with van der Waals surface area (Å²) >= 11 is 5.91. The number of hydrogen-bond acceptors (Lipinski definition) is 3. The molecular weight excluding hydrogens is 312 g/mol. The van der Waals surface area contributed by atoms with Gasteiger partial charge in [0.2, 0.25) is 5.43 Å². The van der Waals surface area contributed by atoms with Crippen LogP contribution in [0.1, 0.15) is 11.1 Å². The van der Waals surface area contributed by atoms with Gasteiger partial charge in [0.15, 0.2) is 0 Å². The van der Waals surface area contributed by atoms with Crippen LogP contribution in [-0.2, 0) is 6.54 Å². The van der Waals surface area contributed by atoms with E-state index in [-0.39, 0.29) is 11.0 Å². The van der Waals surface area contributed by atoms with Crippen molar-refractivity contribution in [1.29, 1.82) is 5.26 Å². The summed E-state index contributed by atoms with van der Waals surface area (Å²) in [7, 11) is 1.56. The van der Waals surface area contributed by atoms with Crippen LogP contribution < -0.4 is 10.2 Å². The molecule has 3 rings (SSSR count). The zero-order chi connectivity index (χ0) is 16.4. The molecule has 0 aliphatic heterocycles. The molecule has 4 nitrogen and oxygen atoms in total. The standard InChI is InChI=1S/C18H13ClN2O2/c1-23-16-4-2-3-15-17(16)21(11-13(9-20)18(15)22)10-12-5-7-14(19)8-6-12/h2-8,11H,10H2,1H3. The fraction of sp³-hybridized carbons (Fsp3) is 0.111. The Hall–Kier alpha value is -2.77. The number of para-hydroxylation sites is 1. The van der Waals surface area contributed by atoms with Crippen LogP contribution in [0.4, 0.5) is 0 Å². The molecule has 2 aromatic carbocycles. The Labute approximate surface area is 138 Å². The molecule has 0 spiro atoms. The van der Waals surface area contributed by atoms with Crippen molar-refractivity contribution in [2.75, 3.05) is 7.11 Å². The summed E-state index contributed by atoms with van der Waals surface area (Å²) in [6, 6.07) is 14.7. The minimum atomic E-state index is -0.284. The lowest BCUT2D eigenvalue weighted by Gasteiger charge is -2.14. The Morgan fingerprint density at radius 1 is 1.22 bits per heavy atom. The van der Waals surface area contributed by atoms with Gasteiger partial charge in [-0.05, 0) is 29.8 Å². The SMILES string of the molecule is COc1cccc2c(=O)c(C#N)cn(Cc3ccc(Cl)cc3)c12. The molecule has 0 fully saturated rings. The van der Waals surface area contributed by atoms with Crippen LogP contribution in [0.5, 0.6) is 5.75 Å². The number of halogens is 1. The molecule has 0 atom stereocenters. The first-order valence-electron chi connectivity index (χ1n) is 6.98. The first kappa shape index (κ1) is 15.1. The van der Waals surface area contributed by atoms with Crippen LogP contribution in [0.25, 0.3) is 10.9 Å². The van der Waals surface area contributed by atoms with Gasteiger partial charge in [0.1, 0.15) is 17.4 Å². The molecule has 23 heavy (non-hydrogen) atoms. The normalized spacial score (nSPS) is 10.5. The number of nitriles is 1. The van der Waals surface area contributed by atoms with Crippen LogP contribution in [0, 0.1) is 11.3 Å². The highest BCUT2D eigenvalue weighted by molar-refractivity contribution is 6.30. The Morgan fingerprint density at radius 3 is 2.61 bits per heavy atom. The third-order valence-electron chi connectivity index (χ3n) is 3.67. The number of pyridine rings is 1. The zero-order valence-corrected chi connectivity index (χ0v) is 13.2. The van der Waals surface area contributed by atoms with Gasteiger partial charge in [0.05, 0.1) is 18.0 Å². The van der Waals surface area contributed by atoms with E-state index in [1.54, 1.807) is 31.5 Å². The van der Waals surface area contributed by atoms with Gasteiger partial charge in [-0.25, -0.2) is 0 Å². The second-order valence-electron chi connectivity index (χ2n) is 5.09. The molecule has 1 heterocycles. The first-order chi connectivity index (χ1) is 11.1. The molecule has 3 aromatic rings. The molecule has 114 valence electrons. The number of hydrogen-bond donors (Lipinski definition) is 0. The molecule has 1 aromatic heterocycles. The second-order valence-corrected chi connectivity index (χ2v) is 5.53. The van der Waals surface area contributed by atoms with Crippen LogP contribution in [0.2, 0.25) is 5.02 Å². The summed E-state index contributed by atoms with van der Waals surface area (Å²) in [5, 5.41) is 10.4. The van der Waals surface area contributed by atoms with Crippen molar-refractivity contribution >= 4 is 22.5 Å². The largest absolute Gasteiger partial charge is 0.495 e. The molecule has 0 amide bonds. The number of nitrogens with zero attached hydrogens (tertiary/aromatic N) is 2. The molecule has 0 aliphatic rings. The molecule has 0 radical (unpaired) electrons. The summed E-state index contributed by atoms with van der Waals surface area (Å²) in [5.74, 6) is 0.595. The van der Waals surface area contributed by atoms with E-state index in [4.69, 9.17) is 16.3 Å². The van der Waals surface area contributed by atoms with Gasteiger partial charge in [-0.15, -0.1) is 0 Å². The first-order valence-corrected chi connectivity index (χ1v) is 7.36. The summed E-state index contributed by atoms with van der Waals surface area (Å²) in [6.45, 7) is 0.503. The van der Waals surface area contributed by atoms with Crippen LogP contribution in [0.3, 0.4) is 0 Å². The van der Waals surface area contributed by atoms with E-state index in [9.17, 15) is 10.1 Å². The second kappa shape index (κ2) is 6.15. The van der Waals surface area contributed by atoms with E-state index in [0.717, 1.165) is 5.56 Å². The van der Waals surface area contributed by atoms with Gasteiger partial charge in [-0.3, -0.25) is 4.79 Å². The summed E-state index contributed by atoms with van der Waals surface area (Å²) in [4.78, 5) is 12.4. The van der Waals surface area contributed by atoms with Crippen molar-refractivity contribution in [1.82, 2.24) is 4.57 Å². The minimum absolute atomic E-state index is 0.111. The lowest BCUT2D eigenvalue weighted by atomic mass is 10.1. The minimum Gasteiger partial charge on any atom is -0.495 e. The average molecular weight is 325 g/mol. The maximum atomic E-state index is 12.4. The highest BCUT2D eigenvalue weighted by atomic mass is 35.5. The van der Waals surface area contributed by atoms with Gasteiger partial charge >= 0.3 is 0 Å². The van der Waals surface area contributed by atoms with Crippen molar-refractivity contribution in [3.63, 3.8) is 0 Å². The van der Waals surface area contributed by atoms with Crippen molar-refractivity contribution in [2.24, 2.45) is 0 Å². The molecular formula is C18H13ClN2O2. The molecule has 0 aliphatic carbocycles. The lowest BCUT2D eigenvalue weighted by Crippen LogP contribution is -2.14. The average Bonchev–Trinajstić information content (AvgIpc) is 2.58. The summed E-state index contributed by atoms with van der Waals surface area (Å²) in [5.41, 5.74) is 1.51. The number of methoxy groups -OCH3 is 1. The van der Waals surface area contributed by atoms with E-state index in [1.165, 1.54) is 0 Å². The summed E-state index contributed by atoms with van der Waals surface area (Å²) < 4.78 is 7.25. The summed E-state index contributed by atoms with van der Waals surface area (Å²) in [6.07, 6.45) is 1.57. The molecule has 0 saturated heterocycles. The van der Waals surface area contributed by atoms with Gasteiger partial charge in [-0.1, -0.05) is 29.8 Å². The van der Waals surface area contributed by atoms with Gasteiger partial charge < -0.3 is 9.30 Å². The van der Waals surface area contributed by atoms with Crippen LogP contribution in [-0.4, -0.2) is 11.7 Å². The third-order valence-corrected chi connectivity index (χ3v) is 3.92. The highest BCUT2D eigenvalue weighted by Crippen LogP contribution is 2.25. The number of ether oxygens (including phenoxy) is 1. The predicted octanol–water partition coefficient (Wildman–Crippen LogP) is 3.58. The van der Waals surface area contributed by atoms with Crippen molar-refractivity contribution in [2.45, 2.75) is 6.54 Å². The number of fused-ring (bicyclic) bond motifs is 1. The lowest BCUT2D eigenvalue weighted by molar-refractivity contribution is 0.417. The van der Waals surface area contributed by atoms with E-state index in [0.29, 0.717) is 28.2 Å². The fourth-order valence-electron chi connectivity index (χ4n) is 2.58. The zero-order valence-electron chi connectivity index (χ0n) is 12.4.